The SMILES string of the molecule is COc1ccccc1NC(=O)c1ccc(NC(=O)COC(=O)C23CC4CC(CC(C4)C2)C3)cc1. The normalized spacial score (nSPS) is 26.6. The largest absolute Gasteiger partial charge is 0.495 e. The summed E-state index contributed by atoms with van der Waals surface area (Å²) in [6.07, 6.45) is 6.49. The van der Waals surface area contributed by atoms with Crippen LogP contribution < -0.4 is 15.4 Å². The fraction of sp³-hybridized carbons (Fsp3) is 0.444. The molecule has 4 aliphatic carbocycles. The number of nitrogens with one attached hydrogen (secondary N) is 2. The summed E-state index contributed by atoms with van der Waals surface area (Å²) in [6.45, 7) is -0.295. The second kappa shape index (κ2) is 9.12. The number of anilines is 2. The lowest BCUT2D eigenvalue weighted by Gasteiger charge is -2.55. The minimum atomic E-state index is -0.385. The van der Waals surface area contributed by atoms with Crippen molar-refractivity contribution in [2.24, 2.45) is 23.2 Å². The third-order valence-corrected chi connectivity index (χ3v) is 7.59. The Labute approximate surface area is 199 Å². The maximum absolute atomic E-state index is 12.9. The summed E-state index contributed by atoms with van der Waals surface area (Å²) in [7, 11) is 1.54. The molecule has 2 amide bonds. The Morgan fingerprint density at radius 2 is 1.50 bits per heavy atom. The molecule has 4 fully saturated rings. The molecule has 2 N–H and O–H groups in total. The smallest absolute Gasteiger partial charge is 0.312 e. The van der Waals surface area contributed by atoms with E-state index in [0.29, 0.717) is 40.4 Å². The van der Waals surface area contributed by atoms with Gasteiger partial charge in [0.15, 0.2) is 6.61 Å². The van der Waals surface area contributed by atoms with Gasteiger partial charge in [0, 0.05) is 11.3 Å². The third kappa shape index (κ3) is 4.52. The van der Waals surface area contributed by atoms with Gasteiger partial charge in [0.1, 0.15) is 5.75 Å². The van der Waals surface area contributed by atoms with Crippen LogP contribution in [-0.4, -0.2) is 31.5 Å². The summed E-state index contributed by atoms with van der Waals surface area (Å²) >= 11 is 0. The van der Waals surface area contributed by atoms with Gasteiger partial charge in [0.25, 0.3) is 11.8 Å². The second-order valence-corrected chi connectivity index (χ2v) is 10.1. The third-order valence-electron chi connectivity index (χ3n) is 7.59. The van der Waals surface area contributed by atoms with E-state index < -0.39 is 0 Å². The molecule has 0 unspecified atom stereocenters. The molecule has 6 rings (SSSR count). The van der Waals surface area contributed by atoms with Crippen molar-refractivity contribution in [3.05, 3.63) is 54.1 Å². The molecule has 7 heteroatoms. The molecule has 178 valence electrons. The van der Waals surface area contributed by atoms with Crippen molar-refractivity contribution in [3.63, 3.8) is 0 Å². The molecule has 0 aromatic heterocycles. The van der Waals surface area contributed by atoms with Crippen LogP contribution in [-0.2, 0) is 14.3 Å². The number of hydrogen-bond donors (Lipinski definition) is 2. The Kier molecular flexibility index (Phi) is 6.02. The van der Waals surface area contributed by atoms with Gasteiger partial charge < -0.3 is 20.1 Å². The molecule has 2 aromatic carbocycles. The van der Waals surface area contributed by atoms with Gasteiger partial charge in [-0.2, -0.15) is 0 Å². The molecular weight excluding hydrogens is 432 g/mol. The van der Waals surface area contributed by atoms with E-state index >= 15 is 0 Å². The van der Waals surface area contributed by atoms with Crippen LogP contribution in [0.25, 0.3) is 0 Å². The van der Waals surface area contributed by atoms with Crippen molar-refractivity contribution in [1.82, 2.24) is 0 Å². The summed E-state index contributed by atoms with van der Waals surface area (Å²) in [6, 6.07) is 13.7. The zero-order valence-corrected chi connectivity index (χ0v) is 19.3. The van der Waals surface area contributed by atoms with E-state index in [1.807, 2.05) is 12.1 Å². The van der Waals surface area contributed by atoms with Crippen molar-refractivity contribution < 1.29 is 23.9 Å². The highest BCUT2D eigenvalue weighted by Crippen LogP contribution is 2.60. The minimum absolute atomic E-state index is 0.204. The number of methoxy groups -OCH3 is 1. The highest BCUT2D eigenvalue weighted by atomic mass is 16.5. The molecular formula is C27H30N2O5. The number of hydrogen-bond acceptors (Lipinski definition) is 5. The van der Waals surface area contributed by atoms with Crippen molar-refractivity contribution in [2.75, 3.05) is 24.4 Å². The molecule has 4 aliphatic rings. The van der Waals surface area contributed by atoms with E-state index in [1.54, 1.807) is 43.5 Å². The number of benzene rings is 2. The number of rotatable bonds is 7. The van der Waals surface area contributed by atoms with Crippen LogP contribution in [0, 0.1) is 23.2 Å². The highest BCUT2D eigenvalue weighted by molar-refractivity contribution is 6.05. The first-order valence-corrected chi connectivity index (χ1v) is 12.0. The van der Waals surface area contributed by atoms with Crippen LogP contribution in [0.3, 0.4) is 0 Å². The molecule has 0 saturated heterocycles. The second-order valence-electron chi connectivity index (χ2n) is 10.1. The van der Waals surface area contributed by atoms with Crippen LogP contribution in [0.5, 0.6) is 5.75 Å². The average Bonchev–Trinajstić information content (AvgIpc) is 2.82. The minimum Gasteiger partial charge on any atom is -0.495 e. The van der Waals surface area contributed by atoms with Crippen LogP contribution in [0.1, 0.15) is 48.9 Å². The molecule has 4 bridgehead atoms. The van der Waals surface area contributed by atoms with Gasteiger partial charge in [0.05, 0.1) is 18.2 Å². The van der Waals surface area contributed by atoms with Gasteiger partial charge in [0.2, 0.25) is 0 Å². The topological polar surface area (TPSA) is 93.7 Å². The fourth-order valence-electron chi connectivity index (χ4n) is 6.49. The maximum Gasteiger partial charge on any atom is 0.312 e. The van der Waals surface area contributed by atoms with E-state index in [1.165, 1.54) is 19.3 Å². The predicted octanol–water partition coefficient (Wildman–Crippen LogP) is 4.65. The Bertz CT molecular complexity index is 1060. The summed E-state index contributed by atoms with van der Waals surface area (Å²) in [5, 5.41) is 5.55. The maximum atomic E-state index is 12.9. The van der Waals surface area contributed by atoms with Crippen molar-refractivity contribution in [1.29, 1.82) is 0 Å². The van der Waals surface area contributed by atoms with Crippen molar-refractivity contribution in [3.8, 4) is 5.75 Å². The molecule has 4 saturated carbocycles. The number of carbonyl (C=O) groups is 3. The van der Waals surface area contributed by atoms with Crippen LogP contribution in [0.4, 0.5) is 11.4 Å². The van der Waals surface area contributed by atoms with Gasteiger partial charge in [-0.3, -0.25) is 14.4 Å². The van der Waals surface area contributed by atoms with E-state index in [4.69, 9.17) is 9.47 Å². The van der Waals surface area contributed by atoms with Gasteiger partial charge in [-0.1, -0.05) is 12.1 Å². The van der Waals surface area contributed by atoms with Gasteiger partial charge in [-0.05, 0) is 92.7 Å². The molecule has 0 aliphatic heterocycles. The monoisotopic (exact) mass is 462 g/mol. The number of para-hydroxylation sites is 2. The Hall–Kier alpha value is -3.35. The summed E-state index contributed by atoms with van der Waals surface area (Å²) in [4.78, 5) is 37.9. The fourth-order valence-corrected chi connectivity index (χ4v) is 6.49. The molecule has 7 nitrogen and oxygen atoms in total. The molecule has 0 radical (unpaired) electrons. The highest BCUT2D eigenvalue weighted by Gasteiger charge is 2.55. The first kappa shape index (κ1) is 22.4. The Morgan fingerprint density at radius 3 is 2.12 bits per heavy atom. The first-order chi connectivity index (χ1) is 16.4. The van der Waals surface area contributed by atoms with E-state index in [0.717, 1.165) is 19.3 Å². The zero-order valence-electron chi connectivity index (χ0n) is 19.3. The lowest BCUT2D eigenvalue weighted by atomic mass is 9.49. The van der Waals surface area contributed by atoms with Crippen molar-refractivity contribution >= 4 is 29.2 Å². The predicted molar refractivity (Wildman–Crippen MR) is 128 cm³/mol. The van der Waals surface area contributed by atoms with E-state index in [-0.39, 0.29) is 29.8 Å². The average molecular weight is 463 g/mol. The van der Waals surface area contributed by atoms with Crippen LogP contribution in [0.15, 0.2) is 48.5 Å². The number of amides is 2. The molecule has 0 heterocycles. The van der Waals surface area contributed by atoms with Gasteiger partial charge >= 0.3 is 5.97 Å². The van der Waals surface area contributed by atoms with Gasteiger partial charge in [-0.25, -0.2) is 0 Å². The molecule has 0 atom stereocenters. The molecule has 2 aromatic rings. The lowest BCUT2D eigenvalue weighted by Crippen LogP contribution is -2.50. The zero-order chi connectivity index (χ0) is 23.7. The van der Waals surface area contributed by atoms with Crippen LogP contribution >= 0.6 is 0 Å². The number of ether oxygens (including phenoxy) is 2. The summed E-state index contributed by atoms with van der Waals surface area (Å²) < 4.78 is 10.7. The lowest BCUT2D eigenvalue weighted by molar-refractivity contribution is -0.172. The van der Waals surface area contributed by atoms with Crippen LogP contribution in [0.2, 0.25) is 0 Å². The van der Waals surface area contributed by atoms with E-state index in [2.05, 4.69) is 10.6 Å². The Morgan fingerprint density at radius 1 is 0.882 bits per heavy atom. The molecule has 0 spiro atoms. The summed E-state index contributed by atoms with van der Waals surface area (Å²) in [5.41, 5.74) is 1.18. The van der Waals surface area contributed by atoms with Crippen molar-refractivity contribution in [2.45, 2.75) is 38.5 Å². The Balaban J connectivity index is 1.13. The standard InChI is InChI=1S/C27H30N2O5/c1-33-23-5-3-2-4-22(23)29-25(31)20-6-8-21(9-7-20)28-24(30)16-34-26(32)27-13-17-10-18(14-27)12-19(11-17)15-27/h2-9,17-19H,10-16H2,1H3,(H,28,30)(H,29,31). The van der Waals surface area contributed by atoms with Gasteiger partial charge in [-0.15, -0.1) is 0 Å². The van der Waals surface area contributed by atoms with E-state index in [9.17, 15) is 14.4 Å². The first-order valence-electron chi connectivity index (χ1n) is 12.0. The quantitative estimate of drug-likeness (QED) is 0.585. The molecule has 34 heavy (non-hydrogen) atoms. The number of carbonyl (C=O) groups excluding carboxylic acids is 3. The summed E-state index contributed by atoms with van der Waals surface area (Å²) in [5.74, 6) is 1.63. The number of esters is 1.